The average molecular weight is 274 g/mol. The van der Waals surface area contributed by atoms with Gasteiger partial charge in [-0.3, -0.25) is 0 Å². The first-order valence-electron chi connectivity index (χ1n) is 7.55. The smallest absolute Gasteiger partial charge is 0.319 e. The van der Waals surface area contributed by atoms with Crippen LogP contribution < -0.4 is 0 Å². The summed E-state index contributed by atoms with van der Waals surface area (Å²) in [5, 5.41) is 0. The Hall–Kier alpha value is -1.51. The third-order valence-electron chi connectivity index (χ3n) is 4.22. The standard InChI is InChI=1S/C17H26N2O/c1-13(2)14-5-7-15(8-6-14)16-9-11-19(12-10-16)17(20)18(3)4/h5-8,13,16H,9-12H2,1-4H3. The zero-order valence-corrected chi connectivity index (χ0v) is 13.1. The van der Waals surface area contributed by atoms with Crippen LogP contribution >= 0.6 is 0 Å². The predicted octanol–water partition coefficient (Wildman–Crippen LogP) is 3.67. The van der Waals surface area contributed by atoms with Gasteiger partial charge in [-0.25, -0.2) is 4.79 Å². The highest BCUT2D eigenvalue weighted by Gasteiger charge is 2.24. The van der Waals surface area contributed by atoms with E-state index in [9.17, 15) is 4.79 Å². The Morgan fingerprint density at radius 1 is 1.15 bits per heavy atom. The van der Waals surface area contributed by atoms with E-state index >= 15 is 0 Å². The lowest BCUT2D eigenvalue weighted by molar-refractivity contribution is 0.156. The number of likely N-dealkylation sites (tertiary alicyclic amines) is 1. The monoisotopic (exact) mass is 274 g/mol. The highest BCUT2D eigenvalue weighted by Crippen LogP contribution is 2.29. The summed E-state index contributed by atoms with van der Waals surface area (Å²) in [7, 11) is 3.64. The van der Waals surface area contributed by atoms with Gasteiger partial charge in [0.1, 0.15) is 0 Å². The van der Waals surface area contributed by atoms with E-state index in [-0.39, 0.29) is 6.03 Å². The summed E-state index contributed by atoms with van der Waals surface area (Å²) < 4.78 is 0. The Morgan fingerprint density at radius 3 is 2.15 bits per heavy atom. The van der Waals surface area contributed by atoms with Crippen molar-refractivity contribution in [1.82, 2.24) is 9.80 Å². The van der Waals surface area contributed by atoms with E-state index in [0.29, 0.717) is 11.8 Å². The molecule has 1 aromatic rings. The first kappa shape index (κ1) is 14.9. The molecule has 0 spiro atoms. The van der Waals surface area contributed by atoms with Crippen LogP contribution in [0.15, 0.2) is 24.3 Å². The summed E-state index contributed by atoms with van der Waals surface area (Å²) >= 11 is 0. The van der Waals surface area contributed by atoms with Crippen molar-refractivity contribution in [2.45, 2.75) is 38.5 Å². The molecule has 0 aliphatic carbocycles. The Kier molecular flexibility index (Phi) is 4.69. The Bertz CT molecular complexity index is 443. The van der Waals surface area contributed by atoms with Gasteiger partial charge in [0.15, 0.2) is 0 Å². The fourth-order valence-corrected chi connectivity index (χ4v) is 2.84. The molecule has 0 radical (unpaired) electrons. The lowest BCUT2D eigenvalue weighted by Gasteiger charge is -2.33. The van der Waals surface area contributed by atoms with Crippen LogP contribution in [0.5, 0.6) is 0 Å². The minimum absolute atomic E-state index is 0.138. The van der Waals surface area contributed by atoms with Crippen molar-refractivity contribution in [1.29, 1.82) is 0 Å². The summed E-state index contributed by atoms with van der Waals surface area (Å²) in [6, 6.07) is 9.17. The second-order valence-corrected chi connectivity index (χ2v) is 6.26. The molecular formula is C17H26N2O. The number of benzene rings is 1. The molecule has 1 aliphatic rings. The molecule has 0 saturated carbocycles. The Labute approximate surface area is 122 Å². The van der Waals surface area contributed by atoms with Crippen LogP contribution in [0.2, 0.25) is 0 Å². The van der Waals surface area contributed by atoms with Crippen molar-refractivity contribution in [3.8, 4) is 0 Å². The summed E-state index contributed by atoms with van der Waals surface area (Å²) in [5.74, 6) is 1.19. The second-order valence-electron chi connectivity index (χ2n) is 6.26. The first-order valence-corrected chi connectivity index (χ1v) is 7.55. The maximum Gasteiger partial charge on any atom is 0.319 e. The highest BCUT2D eigenvalue weighted by molar-refractivity contribution is 5.73. The summed E-state index contributed by atoms with van der Waals surface area (Å²) in [6.45, 7) is 6.18. The molecule has 1 heterocycles. The molecule has 3 nitrogen and oxygen atoms in total. The van der Waals surface area contributed by atoms with Gasteiger partial charge in [-0.2, -0.15) is 0 Å². The molecule has 0 N–H and O–H groups in total. The molecule has 1 saturated heterocycles. The van der Waals surface area contributed by atoms with Crippen LogP contribution in [-0.4, -0.2) is 43.0 Å². The summed E-state index contributed by atoms with van der Waals surface area (Å²) in [6.07, 6.45) is 2.14. The van der Waals surface area contributed by atoms with E-state index in [4.69, 9.17) is 0 Å². The van der Waals surface area contributed by atoms with E-state index in [1.807, 2.05) is 19.0 Å². The number of nitrogens with zero attached hydrogens (tertiary/aromatic N) is 2. The van der Waals surface area contributed by atoms with Crippen LogP contribution in [0.25, 0.3) is 0 Å². The maximum atomic E-state index is 11.9. The van der Waals surface area contributed by atoms with Crippen molar-refractivity contribution in [3.63, 3.8) is 0 Å². The van der Waals surface area contributed by atoms with Gasteiger partial charge in [-0.15, -0.1) is 0 Å². The number of urea groups is 1. The molecule has 0 atom stereocenters. The normalized spacial score (nSPS) is 16.6. The van der Waals surface area contributed by atoms with Gasteiger partial charge in [0.05, 0.1) is 0 Å². The molecule has 2 amide bonds. The number of hydrogen-bond acceptors (Lipinski definition) is 1. The molecule has 0 unspecified atom stereocenters. The molecule has 3 heteroatoms. The first-order chi connectivity index (χ1) is 9.49. The molecule has 0 aromatic heterocycles. The van der Waals surface area contributed by atoms with E-state index in [2.05, 4.69) is 38.1 Å². The van der Waals surface area contributed by atoms with E-state index in [0.717, 1.165) is 25.9 Å². The number of carbonyl (C=O) groups excluding carboxylic acids is 1. The molecule has 0 bridgehead atoms. The van der Waals surface area contributed by atoms with E-state index in [1.54, 1.807) is 4.90 Å². The lowest BCUT2D eigenvalue weighted by atomic mass is 9.88. The van der Waals surface area contributed by atoms with Crippen molar-refractivity contribution in [2.24, 2.45) is 0 Å². The van der Waals surface area contributed by atoms with Gasteiger partial charge < -0.3 is 9.80 Å². The number of carbonyl (C=O) groups is 1. The second kappa shape index (κ2) is 6.29. The predicted molar refractivity (Wildman–Crippen MR) is 83.2 cm³/mol. The van der Waals surface area contributed by atoms with Gasteiger partial charge in [0, 0.05) is 27.2 Å². The molecule has 110 valence electrons. The minimum Gasteiger partial charge on any atom is -0.331 e. The Morgan fingerprint density at radius 2 is 1.70 bits per heavy atom. The van der Waals surface area contributed by atoms with Gasteiger partial charge in [-0.1, -0.05) is 38.1 Å². The largest absolute Gasteiger partial charge is 0.331 e. The molecule has 1 aromatic carbocycles. The van der Waals surface area contributed by atoms with Gasteiger partial charge in [-0.05, 0) is 35.8 Å². The van der Waals surface area contributed by atoms with Gasteiger partial charge in [0.25, 0.3) is 0 Å². The highest BCUT2D eigenvalue weighted by atomic mass is 16.2. The zero-order chi connectivity index (χ0) is 14.7. The van der Waals surface area contributed by atoms with Crippen LogP contribution in [-0.2, 0) is 0 Å². The SMILES string of the molecule is CC(C)c1ccc(C2CCN(C(=O)N(C)C)CC2)cc1. The molecule has 1 aliphatic heterocycles. The van der Waals surface area contributed by atoms with Crippen LogP contribution in [0.1, 0.15) is 49.7 Å². The van der Waals surface area contributed by atoms with E-state index < -0.39 is 0 Å². The minimum atomic E-state index is 0.138. The van der Waals surface area contributed by atoms with Crippen molar-refractivity contribution < 1.29 is 4.79 Å². The van der Waals surface area contributed by atoms with Crippen molar-refractivity contribution in [2.75, 3.05) is 27.2 Å². The third kappa shape index (κ3) is 3.33. The Balaban J connectivity index is 1.95. The zero-order valence-electron chi connectivity index (χ0n) is 13.1. The number of hydrogen-bond donors (Lipinski definition) is 0. The molecular weight excluding hydrogens is 248 g/mol. The fourth-order valence-electron chi connectivity index (χ4n) is 2.84. The molecule has 2 rings (SSSR count). The number of amides is 2. The quantitative estimate of drug-likeness (QED) is 0.807. The lowest BCUT2D eigenvalue weighted by Crippen LogP contribution is -2.43. The van der Waals surface area contributed by atoms with Gasteiger partial charge >= 0.3 is 6.03 Å². The van der Waals surface area contributed by atoms with Crippen LogP contribution in [0, 0.1) is 0 Å². The summed E-state index contributed by atoms with van der Waals surface area (Å²) in [5.41, 5.74) is 2.82. The third-order valence-corrected chi connectivity index (χ3v) is 4.22. The summed E-state index contributed by atoms with van der Waals surface area (Å²) in [4.78, 5) is 15.5. The van der Waals surface area contributed by atoms with Gasteiger partial charge in [0.2, 0.25) is 0 Å². The number of rotatable bonds is 2. The molecule has 20 heavy (non-hydrogen) atoms. The molecule has 1 fully saturated rings. The number of piperidine rings is 1. The fraction of sp³-hybridized carbons (Fsp3) is 0.588. The van der Waals surface area contributed by atoms with Crippen LogP contribution in [0.4, 0.5) is 4.79 Å². The topological polar surface area (TPSA) is 23.6 Å². The van der Waals surface area contributed by atoms with E-state index in [1.165, 1.54) is 11.1 Å². The van der Waals surface area contributed by atoms with Crippen molar-refractivity contribution in [3.05, 3.63) is 35.4 Å². The van der Waals surface area contributed by atoms with Crippen molar-refractivity contribution >= 4 is 6.03 Å². The average Bonchev–Trinajstić information content (AvgIpc) is 2.46. The maximum absolute atomic E-state index is 11.9. The van der Waals surface area contributed by atoms with Crippen LogP contribution in [0.3, 0.4) is 0 Å².